The minimum atomic E-state index is -1.46. The van der Waals surface area contributed by atoms with Crippen molar-refractivity contribution in [1.29, 1.82) is 0 Å². The zero-order valence-corrected chi connectivity index (χ0v) is 3.98. The van der Waals surface area contributed by atoms with Crippen molar-refractivity contribution >= 4 is 0 Å². The standard InChI is InChI=1S/H8N5O3/c1-5(6-2,7-3)8-4/h1-4H2/q+1. The third-order valence-electron chi connectivity index (χ3n) is 0.441. The third kappa shape index (κ3) is 1.65. The summed E-state index contributed by atoms with van der Waals surface area (Å²) in [7, 11) is 0. The molecule has 8 heteroatoms. The van der Waals surface area contributed by atoms with Crippen molar-refractivity contribution in [2.45, 2.75) is 0 Å². The zero-order chi connectivity index (χ0) is 6.62. The first kappa shape index (κ1) is 7.68. The van der Waals surface area contributed by atoms with Gasteiger partial charge in [-0.3, -0.25) is 0 Å². The summed E-state index contributed by atoms with van der Waals surface area (Å²) in [5.74, 6) is 18.2. The van der Waals surface area contributed by atoms with Gasteiger partial charge in [-0.05, 0) is 14.8 Å². The molecule has 8 N–H and O–H groups in total. The van der Waals surface area contributed by atoms with E-state index >= 15 is 0 Å². The summed E-state index contributed by atoms with van der Waals surface area (Å²) in [5, 5.41) is -1.46. The molecule has 0 radical (unpaired) electrons. The van der Waals surface area contributed by atoms with E-state index in [0.29, 0.717) is 0 Å². The van der Waals surface area contributed by atoms with Gasteiger partial charge in [-0.15, -0.1) is 0 Å². The monoisotopic (exact) mass is 126 g/mol. The molecule has 0 fully saturated rings. The maximum Gasteiger partial charge on any atom is 0.229 e. The fraction of sp³-hybridized carbons (Fsp3) is 0. The highest BCUT2D eigenvalue weighted by molar-refractivity contribution is 3.37. The van der Waals surface area contributed by atoms with Crippen LogP contribution in [0.2, 0.25) is 0 Å². The van der Waals surface area contributed by atoms with E-state index in [9.17, 15) is 0 Å². The Bertz CT molecular complexity index is 50.4. The summed E-state index contributed by atoms with van der Waals surface area (Å²) in [6, 6.07) is 0. The largest absolute Gasteiger partial charge is 0.229 e. The average molecular weight is 126 g/mol. The minimum Gasteiger partial charge on any atom is -0.151 e. The van der Waals surface area contributed by atoms with Crippen molar-refractivity contribution in [1.82, 2.24) is 0 Å². The number of hydrogen-bond acceptors (Lipinski definition) is 7. The van der Waals surface area contributed by atoms with Crippen LogP contribution in [-0.4, -0.2) is 5.08 Å². The van der Waals surface area contributed by atoms with Crippen LogP contribution in [0.25, 0.3) is 0 Å². The molecule has 0 unspecified atom stereocenters. The van der Waals surface area contributed by atoms with E-state index in [4.69, 9.17) is 5.84 Å². The number of nitrogens with zero attached hydrogens (tertiary/aromatic N) is 1. The van der Waals surface area contributed by atoms with Crippen LogP contribution in [0, 0.1) is 0 Å². The van der Waals surface area contributed by atoms with Gasteiger partial charge in [-0.25, -0.2) is 0 Å². The van der Waals surface area contributed by atoms with Gasteiger partial charge < -0.3 is 0 Å². The smallest absolute Gasteiger partial charge is 0.151 e. The molecule has 0 aliphatic rings. The van der Waals surface area contributed by atoms with Crippen molar-refractivity contribution in [3.05, 3.63) is 0 Å². The van der Waals surface area contributed by atoms with Crippen LogP contribution >= 0.6 is 0 Å². The fourth-order valence-corrected chi connectivity index (χ4v) is 0.0745. The lowest BCUT2D eigenvalue weighted by Crippen LogP contribution is -2.58. The van der Waals surface area contributed by atoms with Crippen molar-refractivity contribution in [2.75, 3.05) is 0 Å². The fourth-order valence-electron chi connectivity index (χ4n) is 0.0745. The molecule has 0 saturated carbocycles. The molecule has 0 aromatic heterocycles. The molecule has 0 spiro atoms. The molecule has 0 aromatic carbocycles. The second-order valence-corrected chi connectivity index (χ2v) is 0.856. The Kier molecular flexibility index (Phi) is 2.75. The molecule has 0 heterocycles. The number of nitrogens with two attached hydrogens (primary N) is 4. The molecule has 0 aromatic rings. The van der Waals surface area contributed by atoms with Crippen LogP contribution in [-0.2, 0) is 14.8 Å². The number of hydrogen-bond donors (Lipinski definition) is 4. The number of quaternary nitrogens is 1. The quantitative estimate of drug-likeness (QED) is 0.181. The van der Waals surface area contributed by atoms with Crippen LogP contribution in [0.1, 0.15) is 0 Å². The highest BCUT2D eigenvalue weighted by Gasteiger charge is 2.27. The minimum absolute atomic E-state index is 1.46. The van der Waals surface area contributed by atoms with Crippen LogP contribution in [0.5, 0.6) is 0 Å². The van der Waals surface area contributed by atoms with E-state index in [-0.39, 0.29) is 0 Å². The highest BCUT2D eigenvalue weighted by atomic mass is 17.3. The average Bonchev–Trinajstić information content (AvgIpc) is 1.87. The van der Waals surface area contributed by atoms with E-state index < -0.39 is 5.08 Å². The lowest BCUT2D eigenvalue weighted by Gasteiger charge is -2.12. The van der Waals surface area contributed by atoms with Crippen molar-refractivity contribution in [3.8, 4) is 0 Å². The van der Waals surface area contributed by atoms with Gasteiger partial charge in [0.25, 0.3) is 0 Å². The summed E-state index contributed by atoms with van der Waals surface area (Å²) < 4.78 is 0. The molecule has 0 aliphatic carbocycles. The van der Waals surface area contributed by atoms with E-state index in [0.717, 1.165) is 0 Å². The van der Waals surface area contributed by atoms with Crippen LogP contribution < -0.4 is 23.5 Å². The molecule has 0 amide bonds. The topological polar surface area (TPSA) is 132 Å². The molecule has 8 nitrogen and oxygen atoms in total. The summed E-state index contributed by atoms with van der Waals surface area (Å²) >= 11 is 0. The normalized spacial score (nSPS) is 12.0. The first-order valence-electron chi connectivity index (χ1n) is 1.51. The lowest BCUT2D eigenvalue weighted by molar-refractivity contribution is -1.38. The van der Waals surface area contributed by atoms with Gasteiger partial charge in [0, 0.05) is 0 Å². The summed E-state index contributed by atoms with van der Waals surface area (Å²) in [4.78, 5) is 11.3. The molecule has 0 bridgehead atoms. The molecule has 0 saturated heterocycles. The third-order valence-corrected chi connectivity index (χ3v) is 0.441. The summed E-state index contributed by atoms with van der Waals surface area (Å²) in [6.07, 6.45) is 0. The van der Waals surface area contributed by atoms with Gasteiger partial charge in [-0.2, -0.15) is 17.7 Å². The van der Waals surface area contributed by atoms with E-state index in [1.807, 2.05) is 0 Å². The Morgan fingerprint density at radius 1 is 0.875 bits per heavy atom. The predicted molar refractivity (Wildman–Crippen MR) is 20.3 cm³/mol. The molecule has 50 valence electrons. The van der Waals surface area contributed by atoms with Gasteiger partial charge in [0.1, 0.15) is 0 Å². The van der Waals surface area contributed by atoms with Gasteiger partial charge in [0.15, 0.2) is 0 Å². The zero-order valence-electron chi connectivity index (χ0n) is 3.98. The first-order chi connectivity index (χ1) is 3.68. The van der Waals surface area contributed by atoms with Crippen LogP contribution in [0.15, 0.2) is 0 Å². The van der Waals surface area contributed by atoms with Crippen molar-refractivity contribution in [2.24, 2.45) is 23.5 Å². The Morgan fingerprint density at radius 3 is 1.12 bits per heavy atom. The second kappa shape index (κ2) is 2.86. The van der Waals surface area contributed by atoms with Gasteiger partial charge in [-0.1, -0.05) is 5.84 Å². The molecular weight excluding hydrogens is 118 g/mol. The maximum absolute atomic E-state index is 4.79. The van der Waals surface area contributed by atoms with E-state index in [1.54, 1.807) is 0 Å². The van der Waals surface area contributed by atoms with Gasteiger partial charge in [0.2, 0.25) is 5.08 Å². The van der Waals surface area contributed by atoms with Crippen molar-refractivity contribution in [3.63, 3.8) is 0 Å². The van der Waals surface area contributed by atoms with Gasteiger partial charge >= 0.3 is 0 Å². The van der Waals surface area contributed by atoms with Crippen LogP contribution in [0.4, 0.5) is 0 Å². The Morgan fingerprint density at radius 2 is 1.12 bits per heavy atom. The van der Waals surface area contributed by atoms with E-state index in [2.05, 4.69) is 32.5 Å². The second-order valence-electron chi connectivity index (χ2n) is 0.856. The van der Waals surface area contributed by atoms with E-state index in [1.165, 1.54) is 0 Å². The lowest BCUT2D eigenvalue weighted by atomic mass is 12.4. The molecule has 0 rings (SSSR count). The highest BCUT2D eigenvalue weighted by Crippen LogP contribution is 1.88. The van der Waals surface area contributed by atoms with Crippen molar-refractivity contribution < 1.29 is 19.9 Å². The number of rotatable bonds is 3. The Labute approximate surface area is 44.7 Å². The molecular formula is H8N5O3+. The predicted octanol–water partition coefficient (Wildman–Crippen LogP) is -2.91. The first-order valence-corrected chi connectivity index (χ1v) is 1.51. The van der Waals surface area contributed by atoms with Gasteiger partial charge in [0.05, 0.1) is 0 Å². The van der Waals surface area contributed by atoms with Crippen LogP contribution in [0.3, 0.4) is 0 Å². The molecule has 0 aliphatic heterocycles. The maximum atomic E-state index is 4.79. The molecule has 8 heavy (non-hydrogen) atoms. The SMILES string of the molecule is NO[N+](N)(ON)ON. The Hall–Kier alpha value is -0.320. The summed E-state index contributed by atoms with van der Waals surface area (Å²) in [6.45, 7) is 0. The Balaban J connectivity index is 3.58. The summed E-state index contributed by atoms with van der Waals surface area (Å²) in [5.41, 5.74) is 0. The molecule has 0 atom stereocenters.